The molecule has 0 spiro atoms. The van der Waals surface area contributed by atoms with Crippen LogP contribution >= 0.6 is 11.8 Å². The van der Waals surface area contributed by atoms with Crippen molar-refractivity contribution >= 4 is 17.7 Å². The summed E-state index contributed by atoms with van der Waals surface area (Å²) in [5.41, 5.74) is 0.994. The molecule has 1 aromatic rings. The van der Waals surface area contributed by atoms with Crippen molar-refractivity contribution in [3.8, 4) is 0 Å². The number of carbonyl (C=O) groups is 1. The van der Waals surface area contributed by atoms with E-state index in [1.807, 2.05) is 78.3 Å². The number of benzene rings is 1. The lowest BCUT2D eigenvalue weighted by Crippen LogP contribution is -2.17. The van der Waals surface area contributed by atoms with Gasteiger partial charge in [-0.25, -0.2) is 0 Å². The summed E-state index contributed by atoms with van der Waals surface area (Å²) in [6.07, 6.45) is 13.3. The van der Waals surface area contributed by atoms with Gasteiger partial charge in [-0.1, -0.05) is 72.9 Å². The van der Waals surface area contributed by atoms with E-state index in [1.165, 1.54) is 11.8 Å². The quantitative estimate of drug-likeness (QED) is 0.784. The van der Waals surface area contributed by atoms with Crippen molar-refractivity contribution in [3.63, 3.8) is 0 Å². The molecule has 0 N–H and O–H groups in total. The summed E-state index contributed by atoms with van der Waals surface area (Å²) in [7, 11) is 0. The maximum absolute atomic E-state index is 12.1. The second kappa shape index (κ2) is 8.23. The molecule has 0 aliphatic carbocycles. The second-order valence-electron chi connectivity index (χ2n) is 4.13. The summed E-state index contributed by atoms with van der Waals surface area (Å²) in [6, 6.07) is 9.69. The second-order valence-corrected chi connectivity index (χ2v) is 5.19. The molecule has 1 aliphatic rings. The van der Waals surface area contributed by atoms with Gasteiger partial charge in [0.1, 0.15) is 11.9 Å². The Morgan fingerprint density at radius 3 is 2.50 bits per heavy atom. The molecule has 3 heteroatoms. The van der Waals surface area contributed by atoms with Crippen LogP contribution in [0.15, 0.2) is 78.3 Å². The molecule has 1 aromatic carbocycles. The van der Waals surface area contributed by atoms with E-state index >= 15 is 0 Å². The van der Waals surface area contributed by atoms with E-state index in [0.717, 1.165) is 5.56 Å². The third-order valence-corrected chi connectivity index (χ3v) is 3.56. The average molecular weight is 284 g/mol. The van der Waals surface area contributed by atoms with E-state index < -0.39 is 0 Å². The van der Waals surface area contributed by atoms with Crippen LogP contribution in [0.2, 0.25) is 0 Å². The lowest BCUT2D eigenvalue weighted by molar-refractivity contribution is -0.143. The first kappa shape index (κ1) is 14.4. The number of esters is 1. The average Bonchev–Trinajstić information content (AvgIpc) is 2.51. The summed E-state index contributed by atoms with van der Waals surface area (Å²) >= 11 is 1.44. The predicted octanol–water partition coefficient (Wildman–Crippen LogP) is 4.03. The molecule has 0 fully saturated rings. The zero-order valence-electron chi connectivity index (χ0n) is 11.0. The summed E-state index contributed by atoms with van der Waals surface area (Å²) in [5.74, 6) is -0.224. The van der Waals surface area contributed by atoms with Gasteiger partial charge in [0.2, 0.25) is 0 Å². The van der Waals surface area contributed by atoms with Crippen LogP contribution < -0.4 is 0 Å². The minimum Gasteiger partial charge on any atom is -0.460 e. The van der Waals surface area contributed by atoms with Gasteiger partial charge in [0, 0.05) is 0 Å². The van der Waals surface area contributed by atoms with Crippen molar-refractivity contribution in [3.05, 3.63) is 83.8 Å². The first-order valence-electron chi connectivity index (χ1n) is 6.39. The lowest BCUT2D eigenvalue weighted by Gasteiger charge is -2.10. The fourth-order valence-electron chi connectivity index (χ4n) is 1.59. The third-order valence-electron chi connectivity index (χ3n) is 2.60. The Hall–Kier alpha value is -2.00. The van der Waals surface area contributed by atoms with Crippen molar-refractivity contribution in [1.82, 2.24) is 0 Å². The van der Waals surface area contributed by atoms with E-state index in [9.17, 15) is 4.79 Å². The van der Waals surface area contributed by atoms with Crippen LogP contribution in [0.25, 0.3) is 0 Å². The van der Waals surface area contributed by atoms with Crippen molar-refractivity contribution in [1.29, 1.82) is 0 Å². The highest BCUT2D eigenvalue weighted by atomic mass is 32.2. The van der Waals surface area contributed by atoms with E-state index in [2.05, 4.69) is 0 Å². The van der Waals surface area contributed by atoms with Crippen molar-refractivity contribution in [2.24, 2.45) is 0 Å². The molecular weight excluding hydrogens is 268 g/mol. The maximum Gasteiger partial charge on any atom is 0.323 e. The lowest BCUT2D eigenvalue weighted by atomic mass is 10.2. The van der Waals surface area contributed by atoms with Gasteiger partial charge in [-0.2, -0.15) is 0 Å². The molecule has 0 aromatic heterocycles. The van der Waals surface area contributed by atoms with Gasteiger partial charge in [-0.05, 0) is 11.0 Å². The number of hydrogen-bond donors (Lipinski definition) is 0. The molecule has 2 nitrogen and oxygen atoms in total. The molecule has 1 atom stereocenters. The number of thioether (sulfide) groups is 1. The first-order chi connectivity index (χ1) is 9.86. The molecule has 2 rings (SSSR count). The Labute approximate surface area is 123 Å². The molecule has 20 heavy (non-hydrogen) atoms. The van der Waals surface area contributed by atoms with Crippen LogP contribution in [0.1, 0.15) is 5.56 Å². The monoisotopic (exact) mass is 284 g/mol. The topological polar surface area (TPSA) is 26.3 Å². The number of carbonyl (C=O) groups excluding carboxylic acids is 1. The Kier molecular flexibility index (Phi) is 5.93. The summed E-state index contributed by atoms with van der Waals surface area (Å²) in [6.45, 7) is 0.310. The third kappa shape index (κ3) is 4.94. The fourth-order valence-corrected chi connectivity index (χ4v) is 2.30. The summed E-state index contributed by atoms with van der Waals surface area (Å²) < 4.78 is 5.35. The smallest absolute Gasteiger partial charge is 0.323 e. The highest BCUT2D eigenvalue weighted by molar-refractivity contribution is 8.03. The van der Waals surface area contributed by atoms with Crippen LogP contribution in [-0.4, -0.2) is 11.2 Å². The Morgan fingerprint density at radius 2 is 1.70 bits per heavy atom. The molecule has 1 unspecified atom stereocenters. The van der Waals surface area contributed by atoms with Gasteiger partial charge < -0.3 is 4.74 Å². The zero-order valence-corrected chi connectivity index (χ0v) is 11.8. The molecule has 1 aliphatic heterocycles. The normalized spacial score (nSPS) is 17.9. The number of rotatable bonds is 3. The highest BCUT2D eigenvalue weighted by Gasteiger charge is 2.16. The largest absolute Gasteiger partial charge is 0.460 e. The van der Waals surface area contributed by atoms with Crippen LogP contribution in [0.5, 0.6) is 0 Å². The van der Waals surface area contributed by atoms with Gasteiger partial charge >= 0.3 is 5.97 Å². The van der Waals surface area contributed by atoms with Gasteiger partial charge in [-0.15, -0.1) is 11.8 Å². The SMILES string of the molecule is O=C(OCc1ccccc1)C1C=CC=CC=CC=CS1. The maximum atomic E-state index is 12.1. The standard InChI is InChI=1S/C17H16O2S/c18-17(19-14-15-10-6-5-7-11-15)16-12-8-3-1-2-4-9-13-20-16/h1-13,16H,14H2. The van der Waals surface area contributed by atoms with Crippen LogP contribution in [0.3, 0.4) is 0 Å². The molecule has 0 amide bonds. The Morgan fingerprint density at radius 1 is 1.00 bits per heavy atom. The van der Waals surface area contributed by atoms with Crippen LogP contribution in [-0.2, 0) is 16.1 Å². The molecule has 102 valence electrons. The highest BCUT2D eigenvalue weighted by Crippen LogP contribution is 2.17. The summed E-state index contributed by atoms with van der Waals surface area (Å²) in [5, 5.41) is 1.58. The number of ether oxygens (including phenoxy) is 1. The predicted molar refractivity (Wildman–Crippen MR) is 84.2 cm³/mol. The fraction of sp³-hybridized carbons (Fsp3) is 0.118. The number of allylic oxidation sites excluding steroid dienone is 6. The van der Waals surface area contributed by atoms with Crippen LogP contribution in [0.4, 0.5) is 0 Å². The Balaban J connectivity index is 1.93. The van der Waals surface area contributed by atoms with Gasteiger partial charge in [0.05, 0.1) is 0 Å². The van der Waals surface area contributed by atoms with Crippen LogP contribution in [0, 0.1) is 0 Å². The summed E-state index contributed by atoms with van der Waals surface area (Å²) in [4.78, 5) is 12.1. The van der Waals surface area contributed by atoms with E-state index in [1.54, 1.807) is 0 Å². The molecule has 0 bridgehead atoms. The van der Waals surface area contributed by atoms with E-state index in [4.69, 9.17) is 4.74 Å². The van der Waals surface area contributed by atoms with Crippen molar-refractivity contribution in [2.75, 3.05) is 0 Å². The molecule has 1 heterocycles. The molecular formula is C17H16O2S. The number of hydrogen-bond acceptors (Lipinski definition) is 3. The van der Waals surface area contributed by atoms with Gasteiger partial charge in [-0.3, -0.25) is 4.79 Å². The minimum absolute atomic E-state index is 0.224. The Bertz CT molecular complexity index is 541. The van der Waals surface area contributed by atoms with Crippen molar-refractivity contribution < 1.29 is 9.53 Å². The van der Waals surface area contributed by atoms with E-state index in [0.29, 0.717) is 6.61 Å². The van der Waals surface area contributed by atoms with E-state index in [-0.39, 0.29) is 11.2 Å². The molecule has 0 radical (unpaired) electrons. The molecule has 0 saturated heterocycles. The van der Waals surface area contributed by atoms with Gasteiger partial charge in [0.15, 0.2) is 0 Å². The van der Waals surface area contributed by atoms with Crippen molar-refractivity contribution in [2.45, 2.75) is 11.9 Å². The van der Waals surface area contributed by atoms with Gasteiger partial charge in [0.25, 0.3) is 0 Å². The minimum atomic E-state index is -0.314. The zero-order chi connectivity index (χ0) is 14.0. The first-order valence-corrected chi connectivity index (χ1v) is 7.33. The molecule has 0 saturated carbocycles.